The van der Waals surface area contributed by atoms with Gasteiger partial charge in [0, 0.05) is 6.42 Å². The van der Waals surface area contributed by atoms with Crippen LogP contribution < -0.4 is 5.73 Å². The fourth-order valence-corrected chi connectivity index (χ4v) is 1.40. The summed E-state index contributed by atoms with van der Waals surface area (Å²) in [7, 11) is 0. The molecule has 0 saturated carbocycles. The predicted molar refractivity (Wildman–Crippen MR) is 49.7 cm³/mol. The minimum atomic E-state index is -2.65. The molecule has 0 aromatic carbocycles. The van der Waals surface area contributed by atoms with Crippen molar-refractivity contribution in [1.29, 1.82) is 5.41 Å². The Hall–Kier alpha value is -1.04. The number of carbonyl (C=O) groups excluding carboxylic acids is 1. The van der Waals surface area contributed by atoms with Gasteiger partial charge in [-0.25, -0.2) is 8.78 Å². The van der Waals surface area contributed by atoms with Crippen LogP contribution in [0.1, 0.15) is 12.8 Å². The largest absolute Gasteiger partial charge is 0.369 e. The highest BCUT2D eigenvalue weighted by Crippen LogP contribution is 2.25. The van der Waals surface area contributed by atoms with Crippen LogP contribution in [0.25, 0.3) is 0 Å². The molecule has 0 bridgehead atoms. The lowest BCUT2D eigenvalue weighted by atomic mass is 10.1. The summed E-state index contributed by atoms with van der Waals surface area (Å²) in [4.78, 5) is 11.8. The summed E-state index contributed by atoms with van der Waals surface area (Å²) < 4.78 is 25.4. The van der Waals surface area contributed by atoms with Crippen molar-refractivity contribution in [2.45, 2.75) is 18.8 Å². The number of halogens is 2. The lowest BCUT2D eigenvalue weighted by Crippen LogP contribution is -2.45. The Morgan fingerprint density at radius 3 is 2.57 bits per heavy atom. The second-order valence-corrected chi connectivity index (χ2v) is 3.14. The fourth-order valence-electron chi connectivity index (χ4n) is 1.40. The van der Waals surface area contributed by atoms with Crippen LogP contribution in [-0.4, -0.2) is 43.1 Å². The van der Waals surface area contributed by atoms with E-state index in [0.29, 0.717) is 13.0 Å². The predicted octanol–water partition coefficient (Wildman–Crippen LogP) is 0.469. The van der Waals surface area contributed by atoms with E-state index in [9.17, 15) is 13.6 Å². The number of nitrogens with two attached hydrogens (primary N) is 1. The molecule has 0 aromatic heterocycles. The maximum atomic E-state index is 12.7. The average Bonchev–Trinajstić information content (AvgIpc) is 2.04. The molecule has 1 saturated heterocycles. The number of hydrogen-bond acceptors (Lipinski definition) is 3. The van der Waals surface area contributed by atoms with Gasteiger partial charge in [-0.1, -0.05) is 0 Å². The van der Waals surface area contributed by atoms with E-state index in [1.807, 2.05) is 0 Å². The van der Waals surface area contributed by atoms with E-state index in [-0.39, 0.29) is 19.5 Å². The van der Waals surface area contributed by atoms with Crippen LogP contribution in [0.4, 0.5) is 8.78 Å². The van der Waals surface area contributed by atoms with Crippen molar-refractivity contribution in [3.8, 4) is 0 Å². The molecule has 82 valence electrons. The molecule has 0 atom stereocenters. The number of hydrogen-bond donors (Lipinski definition) is 2. The number of primary amides is 1. The number of piperidine rings is 1. The Labute approximate surface area is 81.6 Å². The quantitative estimate of drug-likeness (QED) is 0.646. The van der Waals surface area contributed by atoms with Crippen molar-refractivity contribution in [1.82, 2.24) is 4.90 Å². The maximum absolute atomic E-state index is 12.7. The van der Waals surface area contributed by atoms with E-state index in [0.717, 1.165) is 0 Å². The van der Waals surface area contributed by atoms with Gasteiger partial charge in [-0.2, -0.15) is 0 Å². The van der Waals surface area contributed by atoms with E-state index >= 15 is 0 Å². The van der Waals surface area contributed by atoms with Crippen molar-refractivity contribution < 1.29 is 13.6 Å². The lowest BCUT2D eigenvalue weighted by Gasteiger charge is -2.31. The first-order valence-electron chi connectivity index (χ1n) is 4.23. The van der Waals surface area contributed by atoms with Gasteiger partial charge in [-0.3, -0.25) is 9.69 Å². The molecule has 1 aliphatic heterocycles. The first kappa shape index (κ1) is 13.0. The second-order valence-electron chi connectivity index (χ2n) is 3.14. The van der Waals surface area contributed by atoms with Crippen LogP contribution in [0, 0.1) is 5.41 Å². The summed E-state index contributed by atoms with van der Waals surface area (Å²) in [5, 5.41) is 5.50. The SMILES string of the molecule is C=N.NC(=O)CN1CCCC(F)(F)C1. The van der Waals surface area contributed by atoms with Crippen molar-refractivity contribution in [3.05, 3.63) is 0 Å². The third-order valence-corrected chi connectivity index (χ3v) is 1.85. The van der Waals surface area contributed by atoms with Gasteiger partial charge in [0.1, 0.15) is 0 Å². The molecule has 1 amide bonds. The molecule has 6 heteroatoms. The molecular weight excluding hydrogens is 192 g/mol. The summed E-state index contributed by atoms with van der Waals surface area (Å²) in [6.45, 7) is 2.64. The Morgan fingerprint density at radius 2 is 2.14 bits per heavy atom. The van der Waals surface area contributed by atoms with Crippen LogP contribution in [0.2, 0.25) is 0 Å². The number of likely N-dealkylation sites (tertiary alicyclic amines) is 1. The van der Waals surface area contributed by atoms with Crippen molar-refractivity contribution in [3.63, 3.8) is 0 Å². The lowest BCUT2D eigenvalue weighted by molar-refractivity contribution is -0.122. The van der Waals surface area contributed by atoms with Crippen LogP contribution >= 0.6 is 0 Å². The topological polar surface area (TPSA) is 70.2 Å². The van der Waals surface area contributed by atoms with Crippen LogP contribution in [0.5, 0.6) is 0 Å². The molecule has 0 aliphatic carbocycles. The summed E-state index contributed by atoms with van der Waals surface area (Å²) in [6, 6.07) is 0. The van der Waals surface area contributed by atoms with E-state index in [1.54, 1.807) is 0 Å². The highest BCUT2D eigenvalue weighted by Gasteiger charge is 2.35. The van der Waals surface area contributed by atoms with Crippen LogP contribution in [0.15, 0.2) is 0 Å². The van der Waals surface area contributed by atoms with Gasteiger partial charge < -0.3 is 11.1 Å². The van der Waals surface area contributed by atoms with Crippen LogP contribution in [-0.2, 0) is 4.79 Å². The number of rotatable bonds is 2. The van der Waals surface area contributed by atoms with Gasteiger partial charge in [0.25, 0.3) is 5.92 Å². The third-order valence-electron chi connectivity index (χ3n) is 1.85. The maximum Gasteiger partial charge on any atom is 0.260 e. The standard InChI is InChI=1S/C7H12F2N2O.CH3N/c8-7(9)2-1-3-11(5-7)4-6(10)12;1-2/h1-5H2,(H2,10,12);2H,1H2. The zero-order valence-electron chi connectivity index (χ0n) is 7.93. The molecule has 1 rings (SSSR count). The number of amides is 1. The number of nitrogens with one attached hydrogen (secondary N) is 1. The van der Waals surface area contributed by atoms with Crippen molar-refractivity contribution in [2.75, 3.05) is 19.6 Å². The zero-order chi connectivity index (χ0) is 11.2. The molecule has 4 nitrogen and oxygen atoms in total. The highest BCUT2D eigenvalue weighted by atomic mass is 19.3. The average molecular weight is 207 g/mol. The van der Waals surface area contributed by atoms with Gasteiger partial charge in [-0.15, -0.1) is 0 Å². The summed E-state index contributed by atoms with van der Waals surface area (Å²) in [5.74, 6) is -3.19. The molecule has 0 aromatic rings. The monoisotopic (exact) mass is 207 g/mol. The van der Waals surface area contributed by atoms with Crippen LogP contribution in [0.3, 0.4) is 0 Å². The Bertz CT molecular complexity index is 199. The zero-order valence-corrected chi connectivity index (χ0v) is 7.93. The molecule has 0 unspecified atom stereocenters. The Kier molecular flexibility index (Phi) is 5.22. The van der Waals surface area contributed by atoms with E-state index in [1.165, 1.54) is 4.90 Å². The molecule has 0 spiro atoms. The van der Waals surface area contributed by atoms with Gasteiger partial charge in [-0.05, 0) is 19.7 Å². The van der Waals surface area contributed by atoms with Crippen molar-refractivity contribution in [2.24, 2.45) is 5.73 Å². The smallest absolute Gasteiger partial charge is 0.260 e. The van der Waals surface area contributed by atoms with Gasteiger partial charge >= 0.3 is 0 Å². The molecule has 1 heterocycles. The highest BCUT2D eigenvalue weighted by molar-refractivity contribution is 5.75. The van der Waals surface area contributed by atoms with Gasteiger partial charge in [0.15, 0.2) is 0 Å². The minimum absolute atomic E-state index is 0.0599. The Balaban J connectivity index is 0.000000791. The van der Waals surface area contributed by atoms with Gasteiger partial charge in [0.2, 0.25) is 5.91 Å². The molecule has 1 fully saturated rings. The first-order chi connectivity index (χ1) is 6.49. The number of carbonyl (C=O) groups is 1. The number of alkyl halides is 2. The van der Waals surface area contributed by atoms with Crippen molar-refractivity contribution >= 4 is 12.6 Å². The number of nitrogens with zero attached hydrogens (tertiary/aromatic N) is 1. The molecule has 3 N–H and O–H groups in total. The van der Waals surface area contributed by atoms with E-state index < -0.39 is 11.8 Å². The summed E-state index contributed by atoms with van der Waals surface area (Å²) in [5.41, 5.74) is 4.89. The van der Waals surface area contributed by atoms with E-state index in [4.69, 9.17) is 11.1 Å². The summed E-state index contributed by atoms with van der Waals surface area (Å²) in [6.07, 6.45) is 0.350. The third kappa shape index (κ3) is 4.86. The minimum Gasteiger partial charge on any atom is -0.369 e. The molecular formula is C8H15F2N3O. The normalized spacial score (nSPS) is 20.7. The first-order valence-corrected chi connectivity index (χ1v) is 4.23. The van der Waals surface area contributed by atoms with E-state index in [2.05, 4.69) is 6.72 Å². The molecule has 1 aliphatic rings. The Morgan fingerprint density at radius 1 is 1.57 bits per heavy atom. The summed E-state index contributed by atoms with van der Waals surface area (Å²) >= 11 is 0. The second kappa shape index (κ2) is 5.64. The fraction of sp³-hybridized carbons (Fsp3) is 0.750. The molecule has 0 radical (unpaired) electrons. The van der Waals surface area contributed by atoms with Gasteiger partial charge in [0.05, 0.1) is 13.1 Å². The molecule has 14 heavy (non-hydrogen) atoms.